The number of benzene rings is 3. The second-order valence-corrected chi connectivity index (χ2v) is 6.23. The van der Waals surface area contributed by atoms with Gasteiger partial charge in [-0.05, 0) is 29.3 Å². The van der Waals surface area contributed by atoms with Crippen LogP contribution in [0.5, 0.6) is 5.75 Å². The van der Waals surface area contributed by atoms with Gasteiger partial charge in [0.2, 0.25) is 0 Å². The Hall–Kier alpha value is -3.33. The van der Waals surface area contributed by atoms with E-state index in [0.717, 1.165) is 22.3 Å². The van der Waals surface area contributed by atoms with Gasteiger partial charge in [-0.1, -0.05) is 60.7 Å². The molecule has 0 aliphatic heterocycles. The van der Waals surface area contributed by atoms with Crippen LogP contribution >= 0.6 is 0 Å². The Kier molecular flexibility index (Phi) is 4.05. The summed E-state index contributed by atoms with van der Waals surface area (Å²) >= 11 is 0. The van der Waals surface area contributed by atoms with Gasteiger partial charge in [0.05, 0.1) is 23.9 Å². The lowest BCUT2D eigenvalue weighted by molar-refractivity contribution is 0.415. The van der Waals surface area contributed by atoms with Crippen molar-refractivity contribution in [2.75, 3.05) is 7.11 Å². The highest BCUT2D eigenvalue weighted by molar-refractivity contribution is 5.92. The van der Waals surface area contributed by atoms with E-state index in [9.17, 15) is 4.79 Å². The summed E-state index contributed by atoms with van der Waals surface area (Å²) in [5.41, 5.74) is 4.45. The highest BCUT2D eigenvalue weighted by Gasteiger charge is 2.18. The lowest BCUT2D eigenvalue weighted by Gasteiger charge is -2.18. The molecule has 0 fully saturated rings. The van der Waals surface area contributed by atoms with Crippen molar-refractivity contribution >= 4 is 10.9 Å². The first kappa shape index (κ1) is 16.2. The minimum absolute atomic E-state index is 0.0158. The predicted octanol–water partition coefficient (Wildman–Crippen LogP) is 4.88. The summed E-state index contributed by atoms with van der Waals surface area (Å²) in [4.78, 5) is 13.5. The number of hydrogen-bond donors (Lipinski definition) is 0. The summed E-state index contributed by atoms with van der Waals surface area (Å²) in [7, 11) is 3.62. The molecule has 0 radical (unpaired) electrons. The maximum atomic E-state index is 13.5. The molecule has 0 atom stereocenters. The molecule has 0 aliphatic carbocycles. The van der Waals surface area contributed by atoms with E-state index >= 15 is 0 Å². The molecule has 0 saturated heterocycles. The van der Waals surface area contributed by atoms with Crippen LogP contribution in [0.2, 0.25) is 0 Å². The molecule has 1 heterocycles. The number of nitrogens with zero attached hydrogens (tertiary/aromatic N) is 1. The lowest BCUT2D eigenvalue weighted by atomic mass is 9.96. The third-order valence-corrected chi connectivity index (χ3v) is 4.72. The van der Waals surface area contributed by atoms with Crippen molar-refractivity contribution < 1.29 is 4.74 Å². The fourth-order valence-electron chi connectivity index (χ4n) is 3.45. The number of rotatable bonds is 3. The zero-order chi connectivity index (χ0) is 18.1. The van der Waals surface area contributed by atoms with Crippen molar-refractivity contribution in [1.82, 2.24) is 4.57 Å². The molecular weight excluding hydrogens is 322 g/mol. The second-order valence-electron chi connectivity index (χ2n) is 6.23. The molecule has 4 rings (SSSR count). The molecule has 3 heteroatoms. The fourth-order valence-corrected chi connectivity index (χ4v) is 3.45. The molecule has 0 amide bonds. The van der Waals surface area contributed by atoms with Crippen molar-refractivity contribution in [3.63, 3.8) is 0 Å². The van der Waals surface area contributed by atoms with E-state index in [-0.39, 0.29) is 5.43 Å². The number of aryl methyl sites for hydroxylation is 1. The molecule has 0 bridgehead atoms. The molecule has 0 spiro atoms. The molecule has 0 saturated carbocycles. The first-order chi connectivity index (χ1) is 12.7. The molecule has 0 unspecified atom stereocenters. The third-order valence-electron chi connectivity index (χ3n) is 4.72. The molecule has 0 N–H and O–H groups in total. The number of hydrogen-bond acceptors (Lipinski definition) is 2. The van der Waals surface area contributed by atoms with Crippen molar-refractivity contribution in [3.05, 3.63) is 89.1 Å². The van der Waals surface area contributed by atoms with Crippen LogP contribution in [0.15, 0.2) is 83.7 Å². The summed E-state index contributed by atoms with van der Waals surface area (Å²) < 4.78 is 7.42. The van der Waals surface area contributed by atoms with Gasteiger partial charge in [0.25, 0.3) is 0 Å². The van der Waals surface area contributed by atoms with Crippen molar-refractivity contribution in [1.29, 1.82) is 0 Å². The first-order valence-electron chi connectivity index (χ1n) is 8.52. The SMILES string of the molecule is COc1ccc2c(c1)c(=O)c(-c1ccccc1)c(-c1ccccc1)n2C. The summed E-state index contributed by atoms with van der Waals surface area (Å²) in [6, 6.07) is 25.5. The fraction of sp³-hybridized carbons (Fsp3) is 0.0870. The number of fused-ring (bicyclic) bond motifs is 1. The van der Waals surface area contributed by atoms with Crippen LogP contribution in [0.25, 0.3) is 33.3 Å². The van der Waals surface area contributed by atoms with E-state index in [4.69, 9.17) is 4.74 Å². The standard InChI is InChI=1S/C23H19NO2/c1-24-20-14-13-18(26-2)15-19(20)23(25)21(16-9-5-3-6-10-16)22(24)17-11-7-4-8-12-17/h3-15H,1-2H3. The maximum Gasteiger partial charge on any atom is 0.197 e. The van der Waals surface area contributed by atoms with Gasteiger partial charge in [-0.2, -0.15) is 0 Å². The van der Waals surface area contributed by atoms with Crippen molar-refractivity contribution in [2.24, 2.45) is 7.05 Å². The van der Waals surface area contributed by atoms with Crippen LogP contribution in [0.4, 0.5) is 0 Å². The Morgan fingerprint density at radius 3 is 2.04 bits per heavy atom. The van der Waals surface area contributed by atoms with Gasteiger partial charge in [-0.3, -0.25) is 4.79 Å². The molecular formula is C23H19NO2. The maximum absolute atomic E-state index is 13.5. The molecule has 26 heavy (non-hydrogen) atoms. The van der Waals surface area contributed by atoms with Crippen LogP contribution in [0, 0.1) is 0 Å². The van der Waals surface area contributed by atoms with Gasteiger partial charge in [0, 0.05) is 12.4 Å². The van der Waals surface area contributed by atoms with Gasteiger partial charge in [-0.25, -0.2) is 0 Å². The van der Waals surface area contributed by atoms with E-state index in [1.54, 1.807) is 7.11 Å². The average molecular weight is 341 g/mol. The van der Waals surface area contributed by atoms with Crippen LogP contribution in [0.3, 0.4) is 0 Å². The topological polar surface area (TPSA) is 31.2 Å². The molecule has 3 aromatic carbocycles. The van der Waals surface area contributed by atoms with Gasteiger partial charge in [-0.15, -0.1) is 0 Å². The number of aromatic nitrogens is 1. The van der Waals surface area contributed by atoms with E-state index in [0.29, 0.717) is 16.7 Å². The number of methoxy groups -OCH3 is 1. The zero-order valence-electron chi connectivity index (χ0n) is 14.8. The van der Waals surface area contributed by atoms with Gasteiger partial charge in [0.15, 0.2) is 5.43 Å². The van der Waals surface area contributed by atoms with E-state index < -0.39 is 0 Å². The zero-order valence-corrected chi connectivity index (χ0v) is 14.8. The Morgan fingerprint density at radius 1 is 0.808 bits per heavy atom. The largest absolute Gasteiger partial charge is 0.497 e. The smallest absolute Gasteiger partial charge is 0.197 e. The van der Waals surface area contributed by atoms with Gasteiger partial charge >= 0.3 is 0 Å². The monoisotopic (exact) mass is 341 g/mol. The predicted molar refractivity (Wildman–Crippen MR) is 107 cm³/mol. The second kappa shape index (κ2) is 6.52. The Bertz CT molecular complexity index is 1130. The summed E-state index contributed by atoms with van der Waals surface area (Å²) in [6.45, 7) is 0. The van der Waals surface area contributed by atoms with Crippen molar-refractivity contribution in [3.8, 4) is 28.1 Å². The van der Waals surface area contributed by atoms with Crippen molar-refractivity contribution in [2.45, 2.75) is 0 Å². The third kappa shape index (κ3) is 2.58. The van der Waals surface area contributed by atoms with Gasteiger partial charge in [0.1, 0.15) is 5.75 Å². The number of ether oxygens (including phenoxy) is 1. The Balaban J connectivity index is 2.18. The number of pyridine rings is 1. The highest BCUT2D eigenvalue weighted by atomic mass is 16.5. The quantitative estimate of drug-likeness (QED) is 0.532. The van der Waals surface area contributed by atoms with E-state index in [1.807, 2.05) is 85.9 Å². The minimum Gasteiger partial charge on any atom is -0.497 e. The summed E-state index contributed by atoms with van der Waals surface area (Å²) in [5.74, 6) is 0.682. The van der Waals surface area contributed by atoms with Gasteiger partial charge < -0.3 is 9.30 Å². The summed E-state index contributed by atoms with van der Waals surface area (Å²) in [6.07, 6.45) is 0. The van der Waals surface area contributed by atoms with Crippen LogP contribution in [0.1, 0.15) is 0 Å². The van der Waals surface area contributed by atoms with E-state index in [2.05, 4.69) is 4.57 Å². The molecule has 0 aliphatic rings. The van der Waals surface area contributed by atoms with Crippen LogP contribution in [-0.2, 0) is 7.05 Å². The molecule has 1 aromatic heterocycles. The highest BCUT2D eigenvalue weighted by Crippen LogP contribution is 2.32. The minimum atomic E-state index is 0.0158. The normalized spacial score (nSPS) is 10.8. The molecule has 128 valence electrons. The Labute approximate surface area is 152 Å². The average Bonchev–Trinajstić information content (AvgIpc) is 2.71. The molecule has 4 aromatic rings. The lowest BCUT2D eigenvalue weighted by Crippen LogP contribution is -2.14. The molecule has 3 nitrogen and oxygen atoms in total. The van der Waals surface area contributed by atoms with Crippen LogP contribution < -0.4 is 10.2 Å². The Morgan fingerprint density at radius 2 is 1.42 bits per heavy atom. The van der Waals surface area contributed by atoms with Crippen LogP contribution in [-0.4, -0.2) is 11.7 Å². The summed E-state index contributed by atoms with van der Waals surface area (Å²) in [5, 5.41) is 0.658. The first-order valence-corrected chi connectivity index (χ1v) is 8.52. The van der Waals surface area contributed by atoms with E-state index in [1.165, 1.54) is 0 Å².